The van der Waals surface area contributed by atoms with E-state index in [9.17, 15) is 0 Å². The molecule has 1 heteroatoms. The molecule has 0 aliphatic heterocycles. The van der Waals surface area contributed by atoms with Crippen molar-refractivity contribution in [2.45, 2.75) is 90.1 Å². The number of nitrogens with one attached hydrogen (secondary N) is 1. The lowest BCUT2D eigenvalue weighted by molar-refractivity contribution is -0.0728. The Balaban J connectivity index is 1.41. The van der Waals surface area contributed by atoms with Gasteiger partial charge in [-0.2, -0.15) is 0 Å². The minimum Gasteiger partial charge on any atom is -0.311 e. The molecule has 0 aromatic carbocycles. The van der Waals surface area contributed by atoms with Gasteiger partial charge >= 0.3 is 0 Å². The first-order valence-electron chi connectivity index (χ1n) is 9.39. The highest BCUT2D eigenvalue weighted by molar-refractivity contribution is 5.05. The summed E-state index contributed by atoms with van der Waals surface area (Å²) in [5.74, 6) is 4.26. The second kappa shape index (κ2) is 5.00. The lowest BCUT2D eigenvalue weighted by Gasteiger charge is -2.59. The smallest absolute Gasteiger partial charge is 0.00980 e. The summed E-state index contributed by atoms with van der Waals surface area (Å²) in [6, 6.07) is 1.60. The standard InChI is InChI=1S/C19H33N/c1-13-3-5-18(6-4-13)20-14(2)19-10-15-7-16(11-19)9-17(8-15)12-19/h13-18,20H,3-12H2,1-2H3. The third kappa shape index (κ3) is 2.34. The number of rotatable bonds is 3. The Bertz CT molecular complexity index is 317. The summed E-state index contributed by atoms with van der Waals surface area (Å²) < 4.78 is 0. The van der Waals surface area contributed by atoms with E-state index in [4.69, 9.17) is 0 Å². The van der Waals surface area contributed by atoms with Gasteiger partial charge in [0.1, 0.15) is 0 Å². The molecule has 0 aromatic heterocycles. The average molecular weight is 275 g/mol. The second-order valence-corrected chi connectivity index (χ2v) is 9.13. The second-order valence-electron chi connectivity index (χ2n) is 9.13. The van der Waals surface area contributed by atoms with E-state index >= 15 is 0 Å². The Morgan fingerprint density at radius 3 is 1.85 bits per heavy atom. The molecule has 4 bridgehead atoms. The van der Waals surface area contributed by atoms with Gasteiger partial charge in [-0.3, -0.25) is 0 Å². The molecule has 0 amide bonds. The van der Waals surface area contributed by atoms with Crippen LogP contribution in [0.4, 0.5) is 0 Å². The predicted octanol–water partition coefficient (Wildman–Crippen LogP) is 4.76. The Morgan fingerprint density at radius 1 is 0.850 bits per heavy atom. The van der Waals surface area contributed by atoms with Crippen LogP contribution in [0.3, 0.4) is 0 Å². The number of hydrogen-bond donors (Lipinski definition) is 1. The molecule has 5 saturated carbocycles. The molecule has 1 unspecified atom stereocenters. The van der Waals surface area contributed by atoms with Gasteiger partial charge < -0.3 is 5.32 Å². The lowest BCUT2D eigenvalue weighted by Crippen LogP contribution is -2.56. The van der Waals surface area contributed by atoms with Crippen molar-refractivity contribution >= 4 is 0 Å². The van der Waals surface area contributed by atoms with E-state index in [1.165, 1.54) is 25.7 Å². The Morgan fingerprint density at radius 2 is 1.35 bits per heavy atom. The molecule has 0 spiro atoms. The molecule has 5 rings (SSSR count). The van der Waals surface area contributed by atoms with Crippen LogP contribution in [0.25, 0.3) is 0 Å². The van der Waals surface area contributed by atoms with E-state index in [2.05, 4.69) is 19.2 Å². The molecule has 114 valence electrons. The zero-order valence-electron chi connectivity index (χ0n) is 13.5. The summed E-state index contributed by atoms with van der Waals surface area (Å²) in [5.41, 5.74) is 0.692. The summed E-state index contributed by atoms with van der Waals surface area (Å²) in [6.07, 6.45) is 15.1. The van der Waals surface area contributed by atoms with Crippen LogP contribution < -0.4 is 5.32 Å². The summed E-state index contributed by atoms with van der Waals surface area (Å²) in [5, 5.41) is 4.10. The van der Waals surface area contributed by atoms with Crippen molar-refractivity contribution in [3.63, 3.8) is 0 Å². The molecule has 0 radical (unpaired) electrons. The molecular formula is C19H33N. The van der Waals surface area contributed by atoms with E-state index < -0.39 is 0 Å². The molecule has 1 atom stereocenters. The van der Waals surface area contributed by atoms with Crippen molar-refractivity contribution in [2.24, 2.45) is 29.1 Å². The largest absolute Gasteiger partial charge is 0.311 e. The zero-order valence-corrected chi connectivity index (χ0v) is 13.5. The van der Waals surface area contributed by atoms with Gasteiger partial charge in [-0.15, -0.1) is 0 Å². The molecule has 0 saturated heterocycles. The lowest BCUT2D eigenvalue weighted by atomic mass is 9.48. The normalized spacial score (nSPS) is 52.2. The highest BCUT2D eigenvalue weighted by atomic mass is 15.0. The van der Waals surface area contributed by atoms with Gasteiger partial charge in [-0.05, 0) is 100 Å². The third-order valence-electron chi connectivity index (χ3n) is 7.51. The van der Waals surface area contributed by atoms with Crippen LogP contribution in [0.5, 0.6) is 0 Å². The Labute approximate surface area is 125 Å². The SMILES string of the molecule is CC1CCC(NC(C)C23CC4CC(CC(C4)C2)C3)CC1. The van der Waals surface area contributed by atoms with Crippen LogP contribution in [0.2, 0.25) is 0 Å². The van der Waals surface area contributed by atoms with Gasteiger partial charge in [0.15, 0.2) is 0 Å². The topological polar surface area (TPSA) is 12.0 Å². The van der Waals surface area contributed by atoms with Crippen molar-refractivity contribution in [2.75, 3.05) is 0 Å². The van der Waals surface area contributed by atoms with E-state index in [0.717, 1.165) is 35.8 Å². The molecule has 5 fully saturated rings. The minimum atomic E-state index is 0.692. The first-order chi connectivity index (χ1) is 9.63. The van der Waals surface area contributed by atoms with Crippen molar-refractivity contribution in [1.82, 2.24) is 5.32 Å². The van der Waals surface area contributed by atoms with Crippen molar-refractivity contribution in [3.05, 3.63) is 0 Å². The summed E-state index contributed by atoms with van der Waals surface area (Å²) >= 11 is 0. The van der Waals surface area contributed by atoms with Crippen molar-refractivity contribution < 1.29 is 0 Å². The quantitative estimate of drug-likeness (QED) is 0.783. The molecule has 1 nitrogen and oxygen atoms in total. The molecule has 5 aliphatic rings. The highest BCUT2D eigenvalue weighted by Crippen LogP contribution is 2.61. The maximum Gasteiger partial charge on any atom is 0.00980 e. The maximum absolute atomic E-state index is 4.10. The summed E-state index contributed by atoms with van der Waals surface area (Å²) in [7, 11) is 0. The molecule has 20 heavy (non-hydrogen) atoms. The zero-order chi connectivity index (χ0) is 13.7. The van der Waals surface area contributed by atoms with Gasteiger partial charge in [0.2, 0.25) is 0 Å². The van der Waals surface area contributed by atoms with Gasteiger partial charge in [-0.1, -0.05) is 6.92 Å². The van der Waals surface area contributed by atoms with Gasteiger partial charge in [-0.25, -0.2) is 0 Å². The molecule has 1 N–H and O–H groups in total. The Kier molecular flexibility index (Phi) is 3.41. The first-order valence-corrected chi connectivity index (χ1v) is 9.39. The van der Waals surface area contributed by atoms with Crippen LogP contribution in [0.15, 0.2) is 0 Å². The fourth-order valence-electron chi connectivity index (χ4n) is 6.67. The molecular weight excluding hydrogens is 242 g/mol. The van der Waals surface area contributed by atoms with E-state index in [1.54, 1.807) is 38.5 Å². The number of hydrogen-bond acceptors (Lipinski definition) is 1. The summed E-state index contributed by atoms with van der Waals surface area (Å²) in [6.45, 7) is 4.96. The van der Waals surface area contributed by atoms with Crippen LogP contribution in [0, 0.1) is 29.1 Å². The van der Waals surface area contributed by atoms with Crippen LogP contribution in [-0.4, -0.2) is 12.1 Å². The third-order valence-corrected chi connectivity index (χ3v) is 7.51. The Hall–Kier alpha value is -0.0400. The van der Waals surface area contributed by atoms with E-state index in [-0.39, 0.29) is 0 Å². The minimum absolute atomic E-state index is 0.692. The van der Waals surface area contributed by atoms with E-state index in [1.807, 2.05) is 0 Å². The predicted molar refractivity (Wildman–Crippen MR) is 84.6 cm³/mol. The van der Waals surface area contributed by atoms with Crippen LogP contribution >= 0.6 is 0 Å². The summed E-state index contributed by atoms with van der Waals surface area (Å²) in [4.78, 5) is 0. The monoisotopic (exact) mass is 275 g/mol. The van der Waals surface area contributed by atoms with Gasteiger partial charge in [0, 0.05) is 12.1 Å². The molecule has 5 aliphatic carbocycles. The van der Waals surface area contributed by atoms with Crippen LogP contribution in [-0.2, 0) is 0 Å². The van der Waals surface area contributed by atoms with Gasteiger partial charge in [0.25, 0.3) is 0 Å². The van der Waals surface area contributed by atoms with Crippen LogP contribution in [0.1, 0.15) is 78.1 Å². The van der Waals surface area contributed by atoms with Crippen molar-refractivity contribution in [3.8, 4) is 0 Å². The van der Waals surface area contributed by atoms with Crippen molar-refractivity contribution in [1.29, 1.82) is 0 Å². The molecule has 0 aromatic rings. The first kappa shape index (κ1) is 13.6. The van der Waals surface area contributed by atoms with E-state index in [0.29, 0.717) is 5.41 Å². The fourth-order valence-corrected chi connectivity index (χ4v) is 6.67. The average Bonchev–Trinajstić information content (AvgIpc) is 2.40. The maximum atomic E-state index is 4.10. The highest BCUT2D eigenvalue weighted by Gasteiger charge is 2.53. The molecule has 0 heterocycles. The van der Waals surface area contributed by atoms with Gasteiger partial charge in [0.05, 0.1) is 0 Å². The fraction of sp³-hybridized carbons (Fsp3) is 1.00.